The van der Waals surface area contributed by atoms with Crippen LogP contribution in [0.25, 0.3) is 0 Å². The van der Waals surface area contributed by atoms with Gasteiger partial charge in [0.1, 0.15) is 6.04 Å². The molecule has 1 amide bonds. The molecule has 0 radical (unpaired) electrons. The molecule has 0 aromatic heterocycles. The average molecular weight is 430 g/mol. The van der Waals surface area contributed by atoms with E-state index >= 15 is 0 Å². The van der Waals surface area contributed by atoms with Crippen molar-refractivity contribution < 1.29 is 14.5 Å². The first-order valence-electron chi connectivity index (χ1n) is 5.50. The Kier molecular flexibility index (Phi) is 6.22. The number of carbonyl (C=O) groups is 1. The minimum Gasteiger partial charge on any atom is -0.450 e. The summed E-state index contributed by atoms with van der Waals surface area (Å²) in [6.07, 6.45) is -0.752. The van der Waals surface area contributed by atoms with Crippen molar-refractivity contribution in [1.82, 2.24) is 5.32 Å². The van der Waals surface area contributed by atoms with Gasteiger partial charge < -0.3 is 10.1 Å². The molecule has 0 saturated carbocycles. The molecule has 0 heterocycles. The molecule has 9 heteroatoms. The van der Waals surface area contributed by atoms with Crippen LogP contribution in [0.1, 0.15) is 18.5 Å². The van der Waals surface area contributed by atoms with Crippen LogP contribution in [0.2, 0.25) is 5.02 Å². The van der Waals surface area contributed by atoms with E-state index in [9.17, 15) is 14.9 Å². The number of ether oxygens (including phenoxy) is 1. The van der Waals surface area contributed by atoms with Gasteiger partial charge in [0.05, 0.1) is 11.5 Å². The van der Waals surface area contributed by atoms with Crippen LogP contribution >= 0.6 is 43.5 Å². The summed E-state index contributed by atoms with van der Waals surface area (Å²) in [4.78, 5) is 22.1. The quantitative estimate of drug-likeness (QED) is 0.333. The van der Waals surface area contributed by atoms with Gasteiger partial charge in [0.25, 0.3) is 0 Å². The number of carbonyl (C=O) groups excluding carboxylic acids is 1. The van der Waals surface area contributed by atoms with Gasteiger partial charge in [0.15, 0.2) is 0 Å². The number of alkyl halides is 2. The maximum absolute atomic E-state index is 11.5. The fourth-order valence-electron chi connectivity index (χ4n) is 1.42. The zero-order chi connectivity index (χ0) is 15.3. The number of nitrogens with one attached hydrogen (secondary N) is 1. The zero-order valence-corrected chi connectivity index (χ0v) is 14.2. The monoisotopic (exact) mass is 428 g/mol. The van der Waals surface area contributed by atoms with Crippen LogP contribution in [0.15, 0.2) is 24.3 Å². The summed E-state index contributed by atoms with van der Waals surface area (Å²) >= 11 is 11.7. The second kappa shape index (κ2) is 7.24. The van der Waals surface area contributed by atoms with Crippen LogP contribution in [0.3, 0.4) is 0 Å². The average Bonchev–Trinajstić information content (AvgIpc) is 2.37. The lowest BCUT2D eigenvalue weighted by Crippen LogP contribution is -2.43. The number of hydrogen-bond donors (Lipinski definition) is 1. The maximum atomic E-state index is 11.5. The van der Waals surface area contributed by atoms with Gasteiger partial charge in [0.2, 0.25) is 0 Å². The third-order valence-electron chi connectivity index (χ3n) is 2.33. The first kappa shape index (κ1) is 17.2. The predicted molar refractivity (Wildman–Crippen MR) is 81.9 cm³/mol. The Bertz CT molecular complexity index is 496. The molecule has 1 unspecified atom stereocenters. The molecule has 0 aliphatic heterocycles. The van der Waals surface area contributed by atoms with Crippen LogP contribution in [0.4, 0.5) is 4.79 Å². The lowest BCUT2D eigenvalue weighted by Gasteiger charge is -2.24. The third kappa shape index (κ3) is 4.32. The molecule has 1 N–H and O–H groups in total. The van der Waals surface area contributed by atoms with Gasteiger partial charge in [-0.15, -0.1) is 0 Å². The molecule has 1 aromatic carbocycles. The molecule has 1 rings (SSSR count). The highest BCUT2D eigenvalue weighted by Crippen LogP contribution is 2.40. The van der Waals surface area contributed by atoms with Gasteiger partial charge in [-0.1, -0.05) is 23.7 Å². The summed E-state index contributed by atoms with van der Waals surface area (Å²) in [6.45, 7) is 1.80. The Morgan fingerprint density at radius 2 is 2.05 bits per heavy atom. The Hall–Kier alpha value is -0.860. The molecular formula is C11H11Br2ClN2O4. The fourth-order valence-corrected chi connectivity index (χ4v) is 2.31. The van der Waals surface area contributed by atoms with Gasteiger partial charge in [0, 0.05) is 36.9 Å². The molecule has 20 heavy (non-hydrogen) atoms. The lowest BCUT2D eigenvalue weighted by molar-refractivity contribution is -0.509. The smallest absolute Gasteiger partial charge is 0.407 e. The molecular weight excluding hydrogens is 419 g/mol. The van der Waals surface area contributed by atoms with E-state index in [0.29, 0.717) is 10.6 Å². The molecule has 110 valence electrons. The Morgan fingerprint density at radius 3 is 2.50 bits per heavy atom. The lowest BCUT2D eigenvalue weighted by atomic mass is 10.1. The molecule has 1 atom stereocenters. The molecule has 0 aliphatic rings. The third-order valence-corrected chi connectivity index (χ3v) is 4.08. The van der Waals surface area contributed by atoms with Gasteiger partial charge in [-0.05, 0) is 24.6 Å². The van der Waals surface area contributed by atoms with E-state index in [2.05, 4.69) is 37.2 Å². The summed E-state index contributed by atoms with van der Waals surface area (Å²) in [5.74, 6) is 0. The molecule has 0 saturated heterocycles. The number of nitro groups is 1. The number of benzene rings is 1. The highest BCUT2D eigenvalue weighted by molar-refractivity contribution is 9.25. The van der Waals surface area contributed by atoms with Crippen molar-refractivity contribution in [3.05, 3.63) is 45.0 Å². The first-order valence-corrected chi connectivity index (χ1v) is 7.46. The second-order valence-corrected chi connectivity index (χ2v) is 7.61. The highest BCUT2D eigenvalue weighted by atomic mass is 79.9. The second-order valence-electron chi connectivity index (χ2n) is 3.69. The van der Waals surface area contributed by atoms with Crippen molar-refractivity contribution in [1.29, 1.82) is 0 Å². The fraction of sp³-hybridized carbons (Fsp3) is 0.364. The highest BCUT2D eigenvalue weighted by Gasteiger charge is 2.47. The van der Waals surface area contributed by atoms with Gasteiger partial charge in [-0.3, -0.25) is 10.1 Å². The zero-order valence-electron chi connectivity index (χ0n) is 10.3. The molecule has 0 bridgehead atoms. The number of halogens is 3. The van der Waals surface area contributed by atoms with E-state index in [4.69, 9.17) is 16.3 Å². The molecule has 0 aliphatic carbocycles. The summed E-state index contributed by atoms with van der Waals surface area (Å²) in [5, 5.41) is 14.1. The minimum atomic E-state index is -1.76. The number of alkyl carbamates (subject to hydrolysis) is 1. The summed E-state index contributed by atoms with van der Waals surface area (Å²) in [5.41, 5.74) is 0.493. The van der Waals surface area contributed by atoms with Crippen LogP contribution in [0, 0.1) is 10.1 Å². The van der Waals surface area contributed by atoms with Crippen molar-refractivity contribution in [3.63, 3.8) is 0 Å². The van der Waals surface area contributed by atoms with Crippen molar-refractivity contribution in [2.24, 2.45) is 0 Å². The van der Waals surface area contributed by atoms with Crippen molar-refractivity contribution >= 4 is 49.6 Å². The summed E-state index contributed by atoms with van der Waals surface area (Å²) in [6, 6.07) is 5.33. The van der Waals surface area contributed by atoms with E-state index < -0.39 is 20.4 Å². The topological polar surface area (TPSA) is 81.5 Å². The molecule has 6 nitrogen and oxygen atoms in total. The number of rotatable bonds is 5. The normalized spacial score (nSPS) is 12.6. The van der Waals surface area contributed by atoms with Crippen LogP contribution < -0.4 is 5.32 Å². The Balaban J connectivity index is 3.10. The number of hydrogen-bond acceptors (Lipinski definition) is 4. The van der Waals surface area contributed by atoms with Crippen molar-refractivity contribution in [2.45, 2.75) is 16.3 Å². The maximum Gasteiger partial charge on any atom is 0.407 e. The number of amides is 1. The Morgan fingerprint density at radius 1 is 1.50 bits per heavy atom. The number of nitrogens with zero attached hydrogens (tertiary/aromatic N) is 1. The van der Waals surface area contributed by atoms with Gasteiger partial charge in [-0.25, -0.2) is 4.79 Å². The van der Waals surface area contributed by atoms with Crippen LogP contribution in [-0.4, -0.2) is 21.0 Å². The summed E-state index contributed by atoms with van der Waals surface area (Å²) < 4.78 is 2.99. The van der Waals surface area contributed by atoms with Gasteiger partial charge in [-0.2, -0.15) is 0 Å². The van der Waals surface area contributed by atoms with Crippen LogP contribution in [0.5, 0.6) is 0 Å². The van der Waals surface area contributed by atoms with E-state index in [1.165, 1.54) is 0 Å². The SMILES string of the molecule is CCOC(=O)NC(c1ccc(Cl)cc1)C(Br)(Br)[N+](=O)[O-]. The van der Waals surface area contributed by atoms with E-state index in [-0.39, 0.29) is 6.61 Å². The van der Waals surface area contributed by atoms with Gasteiger partial charge >= 0.3 is 9.45 Å². The predicted octanol–water partition coefficient (Wildman–Crippen LogP) is 3.85. The molecule has 1 aromatic rings. The first-order chi connectivity index (χ1) is 9.28. The largest absolute Gasteiger partial charge is 0.450 e. The van der Waals surface area contributed by atoms with Crippen molar-refractivity contribution in [3.8, 4) is 0 Å². The standard InChI is InChI=1S/C11H11Br2ClN2O4/c1-2-20-10(17)15-9(11(12,13)16(18)19)7-3-5-8(14)6-4-7/h3-6,9H,2H2,1H3,(H,15,17). The minimum absolute atomic E-state index is 0.162. The van der Waals surface area contributed by atoms with E-state index in [1.807, 2.05) is 0 Å². The van der Waals surface area contributed by atoms with Crippen LogP contribution in [-0.2, 0) is 4.74 Å². The summed E-state index contributed by atoms with van der Waals surface area (Å²) in [7, 11) is 0. The van der Waals surface area contributed by atoms with E-state index in [1.54, 1.807) is 31.2 Å². The van der Waals surface area contributed by atoms with E-state index in [0.717, 1.165) is 0 Å². The molecule has 0 fully saturated rings. The molecule has 0 spiro atoms. The Labute approximate surface area is 137 Å². The van der Waals surface area contributed by atoms with Crippen molar-refractivity contribution in [2.75, 3.05) is 6.61 Å².